The Labute approximate surface area is 91.8 Å². The third-order valence-electron chi connectivity index (χ3n) is 3.60. The number of rotatable bonds is 2. The number of hydrogen-bond acceptors (Lipinski definition) is 3. The molecule has 2 rings (SSSR count). The minimum atomic E-state index is 0.728. The average molecular weight is 214 g/mol. The van der Waals surface area contributed by atoms with E-state index < -0.39 is 0 Å². The minimum Gasteiger partial charge on any atom is -0.309 e. The van der Waals surface area contributed by atoms with Gasteiger partial charge < -0.3 is 10.2 Å². The Balaban J connectivity index is 1.85. The molecule has 14 heavy (non-hydrogen) atoms. The third kappa shape index (κ3) is 2.26. The van der Waals surface area contributed by atoms with Gasteiger partial charge in [-0.1, -0.05) is 13.8 Å². The quantitative estimate of drug-likeness (QED) is 0.748. The molecule has 0 amide bonds. The van der Waals surface area contributed by atoms with Crippen LogP contribution in [0, 0.1) is 5.92 Å². The van der Waals surface area contributed by atoms with Crippen LogP contribution in [0.4, 0.5) is 0 Å². The van der Waals surface area contributed by atoms with E-state index in [1.165, 1.54) is 25.3 Å². The Hall–Kier alpha value is 0.270. The standard InChI is InChI=1S/C11H22N2S/c1-8-6-13(3)7-11(8)12-10-4-5-14-9(10)2/h8-12H,4-7H2,1-3H3. The molecule has 2 aliphatic heterocycles. The highest BCUT2D eigenvalue weighted by Crippen LogP contribution is 2.27. The maximum Gasteiger partial charge on any atom is 0.0235 e. The molecule has 0 spiro atoms. The Bertz CT molecular complexity index is 198. The van der Waals surface area contributed by atoms with E-state index in [2.05, 4.69) is 42.9 Å². The first-order valence-electron chi connectivity index (χ1n) is 5.73. The molecule has 4 unspecified atom stereocenters. The number of thioether (sulfide) groups is 1. The molecule has 2 heterocycles. The van der Waals surface area contributed by atoms with E-state index in [0.29, 0.717) is 0 Å². The van der Waals surface area contributed by atoms with Gasteiger partial charge in [-0.05, 0) is 25.1 Å². The maximum atomic E-state index is 3.85. The van der Waals surface area contributed by atoms with E-state index in [1.54, 1.807) is 0 Å². The molecule has 2 fully saturated rings. The van der Waals surface area contributed by atoms with E-state index in [0.717, 1.165) is 23.3 Å². The van der Waals surface area contributed by atoms with Gasteiger partial charge in [0.05, 0.1) is 0 Å². The van der Waals surface area contributed by atoms with E-state index in [1.807, 2.05) is 0 Å². The van der Waals surface area contributed by atoms with Gasteiger partial charge in [0.1, 0.15) is 0 Å². The molecule has 0 aromatic heterocycles. The normalized spacial score (nSPS) is 44.8. The summed E-state index contributed by atoms with van der Waals surface area (Å²) in [5.74, 6) is 2.16. The molecular weight excluding hydrogens is 192 g/mol. The van der Waals surface area contributed by atoms with E-state index in [9.17, 15) is 0 Å². The van der Waals surface area contributed by atoms with Crippen molar-refractivity contribution in [1.29, 1.82) is 0 Å². The first kappa shape index (κ1) is 10.8. The largest absolute Gasteiger partial charge is 0.309 e. The summed E-state index contributed by atoms with van der Waals surface area (Å²) in [5, 5.41) is 4.66. The lowest BCUT2D eigenvalue weighted by atomic mass is 10.0. The summed E-state index contributed by atoms with van der Waals surface area (Å²) in [7, 11) is 2.23. The molecule has 0 aliphatic carbocycles. The summed E-state index contributed by atoms with van der Waals surface area (Å²) < 4.78 is 0. The molecule has 2 nitrogen and oxygen atoms in total. The van der Waals surface area contributed by atoms with Gasteiger partial charge in [-0.25, -0.2) is 0 Å². The molecule has 0 radical (unpaired) electrons. The van der Waals surface area contributed by atoms with Gasteiger partial charge >= 0.3 is 0 Å². The fraction of sp³-hybridized carbons (Fsp3) is 1.00. The van der Waals surface area contributed by atoms with Gasteiger partial charge in [-0.3, -0.25) is 0 Å². The van der Waals surface area contributed by atoms with Crippen molar-refractivity contribution < 1.29 is 0 Å². The van der Waals surface area contributed by atoms with Crippen LogP contribution in [0.25, 0.3) is 0 Å². The molecule has 3 heteroatoms. The predicted molar refractivity (Wildman–Crippen MR) is 63.9 cm³/mol. The highest BCUT2D eigenvalue weighted by atomic mass is 32.2. The van der Waals surface area contributed by atoms with Crippen LogP contribution in [0.3, 0.4) is 0 Å². The SMILES string of the molecule is CC1CN(C)CC1NC1CCSC1C. The van der Waals surface area contributed by atoms with E-state index in [-0.39, 0.29) is 0 Å². The van der Waals surface area contributed by atoms with Crippen molar-refractivity contribution in [1.82, 2.24) is 10.2 Å². The van der Waals surface area contributed by atoms with Crippen molar-refractivity contribution in [3.63, 3.8) is 0 Å². The second-order valence-electron chi connectivity index (χ2n) is 4.94. The van der Waals surface area contributed by atoms with Crippen molar-refractivity contribution in [3.8, 4) is 0 Å². The van der Waals surface area contributed by atoms with Crippen molar-refractivity contribution >= 4 is 11.8 Å². The summed E-state index contributed by atoms with van der Waals surface area (Å²) in [4.78, 5) is 2.44. The van der Waals surface area contributed by atoms with Crippen LogP contribution in [-0.4, -0.2) is 48.1 Å². The molecule has 82 valence electrons. The lowest BCUT2D eigenvalue weighted by Gasteiger charge is -2.24. The molecule has 0 aromatic rings. The smallest absolute Gasteiger partial charge is 0.0235 e. The summed E-state index contributed by atoms with van der Waals surface area (Å²) in [5.41, 5.74) is 0. The number of likely N-dealkylation sites (N-methyl/N-ethyl adjacent to an activating group) is 1. The van der Waals surface area contributed by atoms with E-state index >= 15 is 0 Å². The first-order valence-corrected chi connectivity index (χ1v) is 6.78. The Morgan fingerprint density at radius 1 is 1.21 bits per heavy atom. The summed E-state index contributed by atoms with van der Waals surface area (Å²) in [6, 6.07) is 1.49. The fourth-order valence-corrected chi connectivity index (χ4v) is 3.86. The maximum absolute atomic E-state index is 3.85. The predicted octanol–water partition coefficient (Wildman–Crippen LogP) is 1.42. The summed E-state index contributed by atoms with van der Waals surface area (Å²) in [6.07, 6.45) is 1.36. The number of nitrogens with one attached hydrogen (secondary N) is 1. The number of likely N-dealkylation sites (tertiary alicyclic amines) is 1. The second-order valence-corrected chi connectivity index (χ2v) is 6.43. The average Bonchev–Trinajstić information content (AvgIpc) is 2.62. The van der Waals surface area contributed by atoms with Crippen LogP contribution in [0.15, 0.2) is 0 Å². The molecule has 2 saturated heterocycles. The fourth-order valence-electron chi connectivity index (χ4n) is 2.65. The Kier molecular flexibility index (Phi) is 3.40. The van der Waals surface area contributed by atoms with Crippen molar-refractivity contribution in [3.05, 3.63) is 0 Å². The first-order chi connectivity index (χ1) is 6.66. The van der Waals surface area contributed by atoms with Gasteiger partial charge in [0.25, 0.3) is 0 Å². The molecule has 1 N–H and O–H groups in total. The lowest BCUT2D eigenvalue weighted by molar-refractivity contribution is 0.374. The number of nitrogens with zero attached hydrogens (tertiary/aromatic N) is 1. The van der Waals surface area contributed by atoms with Crippen LogP contribution in [0.2, 0.25) is 0 Å². The van der Waals surface area contributed by atoms with E-state index in [4.69, 9.17) is 0 Å². The third-order valence-corrected chi connectivity index (χ3v) is 4.93. The topological polar surface area (TPSA) is 15.3 Å². The van der Waals surface area contributed by atoms with Crippen molar-refractivity contribution in [2.45, 2.75) is 37.6 Å². The molecular formula is C11H22N2S. The van der Waals surface area contributed by atoms with Gasteiger partial charge in [0.2, 0.25) is 0 Å². The van der Waals surface area contributed by atoms with Gasteiger partial charge in [0.15, 0.2) is 0 Å². The van der Waals surface area contributed by atoms with Gasteiger partial charge in [-0.15, -0.1) is 0 Å². The van der Waals surface area contributed by atoms with Crippen molar-refractivity contribution in [2.75, 3.05) is 25.9 Å². The summed E-state index contributed by atoms with van der Waals surface area (Å²) >= 11 is 2.11. The van der Waals surface area contributed by atoms with Gasteiger partial charge in [-0.2, -0.15) is 11.8 Å². The van der Waals surface area contributed by atoms with Crippen LogP contribution in [0.1, 0.15) is 20.3 Å². The van der Waals surface area contributed by atoms with Crippen LogP contribution >= 0.6 is 11.8 Å². The molecule has 0 aromatic carbocycles. The summed E-state index contributed by atoms with van der Waals surface area (Å²) in [6.45, 7) is 7.22. The van der Waals surface area contributed by atoms with Crippen molar-refractivity contribution in [2.24, 2.45) is 5.92 Å². The zero-order valence-corrected chi connectivity index (χ0v) is 10.3. The highest BCUT2D eigenvalue weighted by molar-refractivity contribution is 8.00. The lowest BCUT2D eigenvalue weighted by Crippen LogP contribution is -2.44. The Morgan fingerprint density at radius 2 is 2.00 bits per heavy atom. The number of hydrogen-bond donors (Lipinski definition) is 1. The van der Waals surface area contributed by atoms with Crippen LogP contribution < -0.4 is 5.32 Å². The minimum absolute atomic E-state index is 0.728. The van der Waals surface area contributed by atoms with Gasteiger partial charge in [0, 0.05) is 30.4 Å². The molecule has 0 saturated carbocycles. The van der Waals surface area contributed by atoms with Crippen LogP contribution in [-0.2, 0) is 0 Å². The monoisotopic (exact) mass is 214 g/mol. The second kappa shape index (κ2) is 4.42. The molecule has 4 atom stereocenters. The molecule has 2 aliphatic rings. The molecule has 0 bridgehead atoms. The highest BCUT2D eigenvalue weighted by Gasteiger charge is 2.32. The zero-order valence-electron chi connectivity index (χ0n) is 9.49. The zero-order chi connectivity index (χ0) is 10.1. The van der Waals surface area contributed by atoms with Crippen LogP contribution in [0.5, 0.6) is 0 Å². The Morgan fingerprint density at radius 3 is 2.50 bits per heavy atom.